The number of hydrogen-bond acceptors (Lipinski definition) is 6. The summed E-state index contributed by atoms with van der Waals surface area (Å²) in [5, 5.41) is 1.61. The fraction of sp³-hybridized carbons (Fsp3) is 0.400. The third-order valence-electron chi connectivity index (χ3n) is 4.91. The van der Waals surface area contributed by atoms with Gasteiger partial charge in [-0.05, 0) is 43.3 Å². The highest BCUT2D eigenvalue weighted by Gasteiger charge is 2.33. The molecule has 0 aliphatic carbocycles. The number of piperidine rings is 1. The second-order valence-electron chi connectivity index (χ2n) is 6.80. The molecule has 7 nitrogen and oxygen atoms in total. The van der Waals surface area contributed by atoms with Crippen LogP contribution in [0.5, 0.6) is 0 Å². The summed E-state index contributed by atoms with van der Waals surface area (Å²) in [5.74, 6) is -1.73. The van der Waals surface area contributed by atoms with Gasteiger partial charge in [-0.2, -0.15) is 0 Å². The summed E-state index contributed by atoms with van der Waals surface area (Å²) in [6.07, 6.45) is 0.893. The van der Waals surface area contributed by atoms with Gasteiger partial charge in [0.05, 0.1) is 18.2 Å². The molecule has 2 heterocycles. The van der Waals surface area contributed by atoms with Gasteiger partial charge in [-0.1, -0.05) is 18.2 Å². The zero-order valence-electron chi connectivity index (χ0n) is 16.5. The Balaban J connectivity index is 1.78. The minimum atomic E-state index is -4.11. The number of esters is 1. The van der Waals surface area contributed by atoms with E-state index in [4.69, 9.17) is 4.74 Å². The van der Waals surface area contributed by atoms with E-state index in [1.807, 2.05) is 0 Å². The Morgan fingerprint density at radius 3 is 2.50 bits per heavy atom. The van der Waals surface area contributed by atoms with Crippen molar-refractivity contribution in [3.8, 4) is 0 Å². The highest BCUT2D eigenvalue weighted by atomic mass is 32.2. The largest absolute Gasteiger partial charge is 0.466 e. The molecule has 1 aliphatic heterocycles. The Morgan fingerprint density at radius 2 is 1.90 bits per heavy atom. The van der Waals surface area contributed by atoms with Gasteiger partial charge >= 0.3 is 5.97 Å². The molecule has 2 aromatic rings. The molecule has 162 valence electrons. The first kappa shape index (κ1) is 22.2. The number of sulfonamides is 1. The Bertz CT molecular complexity index is 986. The second-order valence-corrected chi connectivity index (χ2v) is 9.84. The number of benzene rings is 1. The van der Waals surface area contributed by atoms with Crippen molar-refractivity contribution >= 4 is 38.9 Å². The predicted molar refractivity (Wildman–Crippen MR) is 111 cm³/mol. The Hall–Kier alpha value is -2.46. The predicted octanol–water partition coefficient (Wildman–Crippen LogP) is 2.88. The number of rotatable bonds is 7. The van der Waals surface area contributed by atoms with Gasteiger partial charge in [-0.3, -0.25) is 13.9 Å². The van der Waals surface area contributed by atoms with E-state index in [1.165, 1.54) is 29.2 Å². The summed E-state index contributed by atoms with van der Waals surface area (Å²) in [6, 6.07) is 8.46. The Morgan fingerprint density at radius 1 is 1.20 bits per heavy atom. The molecule has 0 bridgehead atoms. The smallest absolute Gasteiger partial charge is 0.309 e. The summed E-state index contributed by atoms with van der Waals surface area (Å²) in [4.78, 5) is 26.3. The van der Waals surface area contributed by atoms with Gasteiger partial charge in [0.1, 0.15) is 16.6 Å². The number of amides is 1. The topological polar surface area (TPSA) is 84.0 Å². The molecule has 1 fully saturated rings. The van der Waals surface area contributed by atoms with Crippen molar-refractivity contribution in [2.45, 2.75) is 24.0 Å². The summed E-state index contributed by atoms with van der Waals surface area (Å²) in [5.41, 5.74) is -0.180. The monoisotopic (exact) mass is 454 g/mol. The second kappa shape index (κ2) is 9.57. The quantitative estimate of drug-likeness (QED) is 0.601. The third-order valence-corrected chi connectivity index (χ3v) is 8.04. The van der Waals surface area contributed by atoms with Crippen LogP contribution in [0.25, 0.3) is 0 Å². The van der Waals surface area contributed by atoms with E-state index in [2.05, 4.69) is 0 Å². The average molecular weight is 455 g/mol. The van der Waals surface area contributed by atoms with Gasteiger partial charge in [0.25, 0.3) is 10.0 Å². The molecule has 0 N–H and O–H groups in total. The summed E-state index contributed by atoms with van der Waals surface area (Å²) in [7, 11) is -4.11. The lowest BCUT2D eigenvalue weighted by Gasteiger charge is -2.33. The van der Waals surface area contributed by atoms with Crippen LogP contribution in [0, 0.1) is 11.7 Å². The first-order chi connectivity index (χ1) is 14.3. The lowest BCUT2D eigenvalue weighted by atomic mass is 9.97. The van der Waals surface area contributed by atoms with E-state index in [9.17, 15) is 22.4 Å². The molecule has 10 heteroatoms. The lowest BCUT2D eigenvalue weighted by Crippen LogP contribution is -2.46. The van der Waals surface area contributed by atoms with Crippen LogP contribution in [0.2, 0.25) is 0 Å². The van der Waals surface area contributed by atoms with Crippen molar-refractivity contribution in [1.29, 1.82) is 0 Å². The molecule has 1 aliphatic rings. The lowest BCUT2D eigenvalue weighted by molar-refractivity contribution is -0.151. The molecular weight excluding hydrogens is 431 g/mol. The first-order valence-corrected chi connectivity index (χ1v) is 11.9. The van der Waals surface area contributed by atoms with Gasteiger partial charge in [0.2, 0.25) is 5.91 Å². The molecule has 0 unspecified atom stereocenters. The number of likely N-dealkylation sites (tertiary alicyclic amines) is 1. The SMILES string of the molecule is CCOC(=O)C1CCN(C(=O)CN(c2ccccc2F)S(=O)(=O)c2cccs2)CC1. The molecule has 1 amide bonds. The fourth-order valence-corrected chi connectivity index (χ4v) is 5.85. The van der Waals surface area contributed by atoms with Crippen LogP contribution in [-0.2, 0) is 24.3 Å². The van der Waals surface area contributed by atoms with Crippen LogP contribution >= 0.6 is 11.3 Å². The van der Waals surface area contributed by atoms with Crippen LogP contribution in [0.3, 0.4) is 0 Å². The summed E-state index contributed by atoms with van der Waals surface area (Å²) < 4.78 is 46.5. The van der Waals surface area contributed by atoms with Gasteiger partial charge < -0.3 is 9.64 Å². The maximum atomic E-state index is 14.4. The Kier molecular flexibility index (Phi) is 7.09. The van der Waals surface area contributed by atoms with Crippen LogP contribution in [-0.4, -0.2) is 51.4 Å². The molecule has 1 saturated heterocycles. The number of thiophene rings is 1. The zero-order valence-corrected chi connectivity index (χ0v) is 18.1. The van der Waals surface area contributed by atoms with Crippen molar-refractivity contribution in [1.82, 2.24) is 4.90 Å². The average Bonchev–Trinajstić information content (AvgIpc) is 3.28. The molecule has 1 aromatic heterocycles. The summed E-state index contributed by atoms with van der Waals surface area (Å²) in [6.45, 7) is 2.14. The number of ether oxygens (including phenoxy) is 1. The van der Waals surface area contributed by atoms with Crippen molar-refractivity contribution < 1.29 is 27.1 Å². The van der Waals surface area contributed by atoms with Crippen LogP contribution in [0.4, 0.5) is 10.1 Å². The normalized spacial score (nSPS) is 15.1. The molecule has 1 aromatic carbocycles. The van der Waals surface area contributed by atoms with E-state index in [1.54, 1.807) is 18.4 Å². The van der Waals surface area contributed by atoms with E-state index in [-0.39, 0.29) is 21.8 Å². The maximum absolute atomic E-state index is 14.4. The van der Waals surface area contributed by atoms with E-state index < -0.39 is 28.3 Å². The molecule has 0 atom stereocenters. The van der Waals surface area contributed by atoms with Crippen LogP contribution in [0.15, 0.2) is 46.0 Å². The van der Waals surface area contributed by atoms with Crippen molar-refractivity contribution in [2.75, 3.05) is 30.5 Å². The van der Waals surface area contributed by atoms with E-state index >= 15 is 0 Å². The standard InChI is InChI=1S/C20H23FN2O5S2/c1-2-28-20(25)15-9-11-22(12-10-15)18(24)14-23(17-7-4-3-6-16(17)21)30(26,27)19-8-5-13-29-19/h3-8,13,15H,2,9-12,14H2,1H3. The van der Waals surface area contributed by atoms with Crippen LogP contribution < -0.4 is 4.31 Å². The van der Waals surface area contributed by atoms with Crippen molar-refractivity contribution in [3.05, 3.63) is 47.6 Å². The Labute approximate surface area is 179 Å². The third kappa shape index (κ3) is 4.81. The van der Waals surface area contributed by atoms with Gasteiger partial charge in [-0.15, -0.1) is 11.3 Å². The van der Waals surface area contributed by atoms with Crippen LogP contribution in [0.1, 0.15) is 19.8 Å². The number of anilines is 1. The van der Waals surface area contributed by atoms with Gasteiger partial charge in [0.15, 0.2) is 0 Å². The van der Waals surface area contributed by atoms with Gasteiger partial charge in [-0.25, -0.2) is 12.8 Å². The first-order valence-electron chi connectivity index (χ1n) is 9.59. The molecule has 3 rings (SSSR count). The number of hydrogen-bond donors (Lipinski definition) is 0. The number of carbonyl (C=O) groups is 2. The number of para-hydroxylation sites is 1. The highest BCUT2D eigenvalue weighted by Crippen LogP contribution is 2.29. The van der Waals surface area contributed by atoms with Crippen molar-refractivity contribution in [3.63, 3.8) is 0 Å². The van der Waals surface area contributed by atoms with Gasteiger partial charge in [0, 0.05) is 13.1 Å². The fourth-order valence-electron chi connectivity index (χ4n) is 3.32. The van der Waals surface area contributed by atoms with Crippen molar-refractivity contribution in [2.24, 2.45) is 5.92 Å². The maximum Gasteiger partial charge on any atom is 0.309 e. The zero-order chi connectivity index (χ0) is 21.7. The number of nitrogens with zero attached hydrogens (tertiary/aromatic N) is 2. The minimum absolute atomic E-state index is 0.0274. The molecule has 0 spiro atoms. The molecule has 30 heavy (non-hydrogen) atoms. The molecule has 0 radical (unpaired) electrons. The highest BCUT2D eigenvalue weighted by molar-refractivity contribution is 7.94. The summed E-state index contributed by atoms with van der Waals surface area (Å²) >= 11 is 1.00. The minimum Gasteiger partial charge on any atom is -0.466 e. The van der Waals surface area contributed by atoms with E-state index in [0.717, 1.165) is 21.7 Å². The number of carbonyl (C=O) groups excluding carboxylic acids is 2. The number of halogens is 1. The molecular formula is C20H23FN2O5S2. The molecule has 0 saturated carbocycles. The van der Waals surface area contributed by atoms with E-state index in [0.29, 0.717) is 32.5 Å².